The highest BCUT2D eigenvalue weighted by Crippen LogP contribution is 2.37. The SMILES string of the molecule is CCC(F)(S(=O)(=O)O)S(=O)(=O)C1CCCCC1. The molecule has 0 aromatic carbocycles. The van der Waals surface area contributed by atoms with Crippen LogP contribution in [-0.4, -0.2) is 31.0 Å². The fourth-order valence-electron chi connectivity index (χ4n) is 2.15. The summed E-state index contributed by atoms with van der Waals surface area (Å²) in [4.78, 5) is 0. The van der Waals surface area contributed by atoms with Crippen LogP contribution in [0.25, 0.3) is 0 Å². The van der Waals surface area contributed by atoms with Gasteiger partial charge in [-0.15, -0.1) is 0 Å². The molecule has 1 aliphatic carbocycles. The van der Waals surface area contributed by atoms with Gasteiger partial charge >= 0.3 is 14.5 Å². The Morgan fingerprint density at radius 1 is 1.18 bits per heavy atom. The molecule has 1 aliphatic rings. The summed E-state index contributed by atoms with van der Waals surface area (Å²) >= 11 is 0. The fraction of sp³-hybridized carbons (Fsp3) is 1.00. The molecule has 0 aromatic heterocycles. The van der Waals surface area contributed by atoms with Gasteiger partial charge in [0, 0.05) is 6.42 Å². The van der Waals surface area contributed by atoms with Crippen LogP contribution in [0.3, 0.4) is 0 Å². The number of hydrogen-bond donors (Lipinski definition) is 1. The fourth-order valence-corrected chi connectivity index (χ4v) is 5.96. The van der Waals surface area contributed by atoms with Crippen LogP contribution < -0.4 is 0 Å². The minimum absolute atomic E-state index is 0.253. The van der Waals surface area contributed by atoms with Crippen molar-refractivity contribution in [3.05, 3.63) is 0 Å². The number of alkyl halides is 1. The maximum absolute atomic E-state index is 14.2. The molecule has 0 heterocycles. The van der Waals surface area contributed by atoms with Gasteiger partial charge in [-0.3, -0.25) is 4.55 Å². The van der Waals surface area contributed by atoms with Gasteiger partial charge in [-0.2, -0.15) is 8.42 Å². The van der Waals surface area contributed by atoms with Crippen molar-refractivity contribution in [3.63, 3.8) is 0 Å². The molecule has 0 aromatic rings. The van der Waals surface area contributed by atoms with Gasteiger partial charge < -0.3 is 0 Å². The van der Waals surface area contributed by atoms with Gasteiger partial charge in [0.05, 0.1) is 5.25 Å². The second-order valence-electron chi connectivity index (χ2n) is 4.29. The Morgan fingerprint density at radius 3 is 2.00 bits per heavy atom. The molecular formula is C9H17FO5S2. The van der Waals surface area contributed by atoms with E-state index >= 15 is 0 Å². The van der Waals surface area contributed by atoms with Crippen molar-refractivity contribution < 1.29 is 25.8 Å². The molecule has 0 saturated heterocycles. The van der Waals surface area contributed by atoms with E-state index in [0.29, 0.717) is 12.8 Å². The summed E-state index contributed by atoms with van der Waals surface area (Å²) in [6.07, 6.45) is 1.84. The molecule has 1 atom stereocenters. The van der Waals surface area contributed by atoms with Crippen molar-refractivity contribution in [2.24, 2.45) is 0 Å². The smallest absolute Gasteiger partial charge is 0.282 e. The molecule has 1 saturated carbocycles. The van der Waals surface area contributed by atoms with Gasteiger partial charge in [0.2, 0.25) is 9.84 Å². The van der Waals surface area contributed by atoms with Crippen LogP contribution in [0.1, 0.15) is 45.4 Å². The Hall–Kier alpha value is -0.210. The molecule has 0 aliphatic heterocycles. The van der Waals surface area contributed by atoms with Gasteiger partial charge in [0.25, 0.3) is 0 Å². The zero-order valence-electron chi connectivity index (χ0n) is 9.59. The van der Waals surface area contributed by atoms with Gasteiger partial charge in [-0.05, 0) is 12.8 Å². The van der Waals surface area contributed by atoms with Crippen LogP contribution in [0.15, 0.2) is 0 Å². The zero-order valence-corrected chi connectivity index (χ0v) is 11.2. The van der Waals surface area contributed by atoms with Gasteiger partial charge in [-0.1, -0.05) is 26.2 Å². The molecule has 17 heavy (non-hydrogen) atoms. The van der Waals surface area contributed by atoms with Crippen molar-refractivity contribution in [1.82, 2.24) is 0 Å². The third-order valence-electron chi connectivity index (χ3n) is 3.22. The lowest BCUT2D eigenvalue weighted by atomic mass is 10.0. The lowest BCUT2D eigenvalue weighted by molar-refractivity contribution is 0.311. The Labute approximate surface area is 101 Å². The maximum atomic E-state index is 14.2. The Morgan fingerprint density at radius 2 is 1.65 bits per heavy atom. The molecule has 1 unspecified atom stereocenters. The molecule has 0 spiro atoms. The van der Waals surface area contributed by atoms with E-state index < -0.39 is 36.0 Å². The largest absolute Gasteiger partial charge is 0.333 e. The summed E-state index contributed by atoms with van der Waals surface area (Å²) in [5.74, 6) is 0. The molecule has 0 amide bonds. The highest BCUT2D eigenvalue weighted by atomic mass is 32.3. The first-order chi connectivity index (χ1) is 7.67. The van der Waals surface area contributed by atoms with Gasteiger partial charge in [-0.25, -0.2) is 12.8 Å². The number of sulfone groups is 1. The van der Waals surface area contributed by atoms with Crippen LogP contribution in [0.5, 0.6) is 0 Å². The molecule has 5 nitrogen and oxygen atoms in total. The van der Waals surface area contributed by atoms with E-state index in [1.54, 1.807) is 0 Å². The summed E-state index contributed by atoms with van der Waals surface area (Å²) < 4.78 is 65.3. The summed E-state index contributed by atoms with van der Waals surface area (Å²) in [6.45, 7) is 1.09. The quantitative estimate of drug-likeness (QED) is 0.795. The predicted octanol–water partition coefficient (Wildman–Crippen LogP) is 1.66. The topological polar surface area (TPSA) is 88.5 Å². The number of hydrogen-bond acceptors (Lipinski definition) is 4. The molecule has 8 heteroatoms. The molecule has 1 N–H and O–H groups in total. The van der Waals surface area contributed by atoms with Crippen LogP contribution in [0, 0.1) is 0 Å². The first-order valence-corrected chi connectivity index (χ1v) is 8.55. The van der Waals surface area contributed by atoms with E-state index in [1.807, 2.05) is 0 Å². The van der Waals surface area contributed by atoms with Crippen LogP contribution in [0.4, 0.5) is 4.39 Å². The lowest BCUT2D eigenvalue weighted by Crippen LogP contribution is -2.47. The second kappa shape index (κ2) is 4.81. The molecular weight excluding hydrogens is 271 g/mol. The first kappa shape index (κ1) is 14.8. The molecule has 1 fully saturated rings. The summed E-state index contributed by atoms with van der Waals surface area (Å²) in [6, 6.07) is 0. The molecule has 102 valence electrons. The monoisotopic (exact) mass is 288 g/mol. The Balaban J connectivity index is 3.19. The van der Waals surface area contributed by atoms with Crippen LogP contribution >= 0.6 is 0 Å². The van der Waals surface area contributed by atoms with Gasteiger partial charge in [0.15, 0.2) is 0 Å². The van der Waals surface area contributed by atoms with E-state index in [1.165, 1.54) is 0 Å². The van der Waals surface area contributed by atoms with E-state index in [4.69, 9.17) is 4.55 Å². The predicted molar refractivity (Wildman–Crippen MR) is 61.5 cm³/mol. The van der Waals surface area contributed by atoms with Crippen molar-refractivity contribution in [1.29, 1.82) is 0 Å². The highest BCUT2D eigenvalue weighted by Gasteiger charge is 2.57. The Bertz CT molecular complexity index is 464. The van der Waals surface area contributed by atoms with Crippen molar-refractivity contribution in [2.75, 3.05) is 0 Å². The van der Waals surface area contributed by atoms with Crippen molar-refractivity contribution in [2.45, 2.75) is 55.0 Å². The second-order valence-corrected chi connectivity index (χ2v) is 8.55. The maximum Gasteiger partial charge on any atom is 0.333 e. The van der Waals surface area contributed by atoms with Crippen molar-refractivity contribution in [3.8, 4) is 0 Å². The summed E-state index contributed by atoms with van der Waals surface area (Å²) in [5.41, 5.74) is 0. The van der Waals surface area contributed by atoms with Crippen LogP contribution in [-0.2, 0) is 20.0 Å². The Kier molecular flexibility index (Phi) is 4.20. The van der Waals surface area contributed by atoms with Gasteiger partial charge in [0.1, 0.15) is 0 Å². The summed E-state index contributed by atoms with van der Waals surface area (Å²) in [5, 5.41) is -1.01. The average Bonchev–Trinajstić information content (AvgIpc) is 2.27. The van der Waals surface area contributed by atoms with E-state index in [0.717, 1.165) is 13.3 Å². The molecule has 1 rings (SSSR count). The number of rotatable bonds is 4. The average molecular weight is 288 g/mol. The summed E-state index contributed by atoms with van der Waals surface area (Å²) in [7, 11) is -9.81. The lowest BCUT2D eigenvalue weighted by Gasteiger charge is -2.28. The van der Waals surface area contributed by atoms with Crippen molar-refractivity contribution >= 4 is 20.0 Å². The minimum Gasteiger partial charge on any atom is -0.282 e. The highest BCUT2D eigenvalue weighted by molar-refractivity contribution is 8.08. The third-order valence-corrected chi connectivity index (χ3v) is 8.10. The minimum atomic E-state index is -5.28. The molecule has 0 radical (unpaired) electrons. The first-order valence-electron chi connectivity index (χ1n) is 5.56. The number of halogens is 1. The standard InChI is InChI=1S/C9H17FO5S2/c1-2-9(10,17(13,14)15)16(11,12)8-6-4-3-5-7-8/h8H,2-7H2,1H3,(H,13,14,15). The normalized spacial score (nSPS) is 23.2. The van der Waals surface area contributed by atoms with Crippen LogP contribution in [0.2, 0.25) is 0 Å². The van der Waals surface area contributed by atoms with E-state index in [-0.39, 0.29) is 12.8 Å². The van der Waals surface area contributed by atoms with E-state index in [2.05, 4.69) is 0 Å². The zero-order chi connectivity index (χ0) is 13.3. The molecule has 0 bridgehead atoms. The third kappa shape index (κ3) is 2.48. The van der Waals surface area contributed by atoms with E-state index in [9.17, 15) is 21.2 Å².